The number of benzene rings is 2. The lowest BCUT2D eigenvalue weighted by Crippen LogP contribution is -2.26. The van der Waals surface area contributed by atoms with Gasteiger partial charge in [0, 0.05) is 13.6 Å². The largest absolute Gasteiger partial charge is 0.497 e. The monoisotopic (exact) mass is 339 g/mol. The highest BCUT2D eigenvalue weighted by Gasteiger charge is 2.21. The summed E-state index contributed by atoms with van der Waals surface area (Å²) in [6, 6.07) is 10.5. The fourth-order valence-corrected chi connectivity index (χ4v) is 3.24. The Morgan fingerprint density at radius 3 is 2.22 bits per heavy atom. The zero-order valence-corrected chi connectivity index (χ0v) is 13.9. The van der Waals surface area contributed by atoms with Crippen LogP contribution < -0.4 is 9.47 Å². The van der Waals surface area contributed by atoms with Gasteiger partial charge in [-0.1, -0.05) is 6.07 Å². The third-order valence-electron chi connectivity index (χ3n) is 3.39. The van der Waals surface area contributed by atoms with Crippen LogP contribution in [0.4, 0.5) is 4.39 Å². The van der Waals surface area contributed by atoms with Crippen molar-refractivity contribution >= 4 is 10.0 Å². The number of halogens is 1. The van der Waals surface area contributed by atoms with E-state index in [9.17, 15) is 12.8 Å². The Kier molecular flexibility index (Phi) is 5.23. The van der Waals surface area contributed by atoms with Crippen LogP contribution in [0.1, 0.15) is 5.56 Å². The van der Waals surface area contributed by atoms with Crippen molar-refractivity contribution in [3.63, 3.8) is 0 Å². The number of ether oxygens (including phenoxy) is 2. The number of sulfonamides is 1. The Morgan fingerprint density at radius 2 is 1.70 bits per heavy atom. The molecule has 124 valence electrons. The Balaban J connectivity index is 2.20. The molecule has 0 saturated heterocycles. The molecular formula is C16H18FNO4S. The lowest BCUT2D eigenvalue weighted by atomic mass is 10.2. The van der Waals surface area contributed by atoms with E-state index in [4.69, 9.17) is 9.47 Å². The number of hydrogen-bond donors (Lipinski definition) is 0. The van der Waals surface area contributed by atoms with Gasteiger partial charge in [-0.2, -0.15) is 4.31 Å². The minimum Gasteiger partial charge on any atom is -0.497 e. The van der Waals surface area contributed by atoms with E-state index in [2.05, 4.69) is 0 Å². The second-order valence-corrected chi connectivity index (χ2v) is 6.95. The van der Waals surface area contributed by atoms with Gasteiger partial charge in [0.15, 0.2) is 11.6 Å². The van der Waals surface area contributed by atoms with Crippen molar-refractivity contribution in [1.82, 2.24) is 4.31 Å². The molecule has 0 radical (unpaired) electrons. The van der Waals surface area contributed by atoms with Crippen molar-refractivity contribution in [2.45, 2.75) is 11.4 Å². The van der Waals surface area contributed by atoms with Gasteiger partial charge in [0.05, 0.1) is 19.1 Å². The van der Waals surface area contributed by atoms with Crippen LogP contribution in [-0.2, 0) is 16.6 Å². The summed E-state index contributed by atoms with van der Waals surface area (Å²) in [7, 11) is 0.661. The van der Waals surface area contributed by atoms with E-state index in [1.54, 1.807) is 18.2 Å². The zero-order valence-electron chi connectivity index (χ0n) is 13.1. The topological polar surface area (TPSA) is 55.8 Å². The van der Waals surface area contributed by atoms with Gasteiger partial charge in [0.25, 0.3) is 0 Å². The Morgan fingerprint density at radius 1 is 1.04 bits per heavy atom. The fourth-order valence-electron chi connectivity index (χ4n) is 2.08. The fraction of sp³-hybridized carbons (Fsp3) is 0.250. The molecule has 0 N–H and O–H groups in total. The van der Waals surface area contributed by atoms with Gasteiger partial charge in [0.2, 0.25) is 10.0 Å². The van der Waals surface area contributed by atoms with Crippen LogP contribution in [0, 0.1) is 5.82 Å². The van der Waals surface area contributed by atoms with E-state index < -0.39 is 15.8 Å². The minimum atomic E-state index is -3.67. The molecule has 2 aromatic rings. The molecule has 23 heavy (non-hydrogen) atoms. The smallest absolute Gasteiger partial charge is 0.243 e. The number of methoxy groups -OCH3 is 2. The Bertz CT molecular complexity index is 775. The first-order valence-corrected chi connectivity index (χ1v) is 8.25. The van der Waals surface area contributed by atoms with Gasteiger partial charge >= 0.3 is 0 Å². The summed E-state index contributed by atoms with van der Waals surface area (Å²) in [5, 5.41) is 0. The summed E-state index contributed by atoms with van der Waals surface area (Å²) in [6.45, 7) is 0.0509. The van der Waals surface area contributed by atoms with Gasteiger partial charge in [-0.3, -0.25) is 0 Å². The summed E-state index contributed by atoms with van der Waals surface area (Å²) in [4.78, 5) is 0.148. The molecule has 7 heteroatoms. The average Bonchev–Trinajstić information content (AvgIpc) is 2.55. The van der Waals surface area contributed by atoms with Crippen LogP contribution in [0.3, 0.4) is 0 Å². The molecule has 2 aromatic carbocycles. The van der Waals surface area contributed by atoms with Crippen molar-refractivity contribution in [3.8, 4) is 11.5 Å². The van der Waals surface area contributed by atoms with Crippen molar-refractivity contribution in [2.75, 3.05) is 21.3 Å². The van der Waals surface area contributed by atoms with Gasteiger partial charge in [-0.25, -0.2) is 12.8 Å². The first-order valence-electron chi connectivity index (χ1n) is 6.81. The van der Waals surface area contributed by atoms with E-state index in [1.807, 2.05) is 0 Å². The van der Waals surface area contributed by atoms with Crippen LogP contribution >= 0.6 is 0 Å². The maximum Gasteiger partial charge on any atom is 0.243 e. The maximum atomic E-state index is 13.7. The van der Waals surface area contributed by atoms with E-state index in [0.29, 0.717) is 11.3 Å². The van der Waals surface area contributed by atoms with Crippen molar-refractivity contribution in [1.29, 1.82) is 0 Å². The van der Waals surface area contributed by atoms with Crippen LogP contribution in [-0.4, -0.2) is 34.0 Å². The predicted octanol–water partition coefficient (Wildman–Crippen LogP) is 2.66. The molecular weight excluding hydrogens is 321 g/mol. The SMILES string of the molecule is COc1ccc(S(=O)(=O)N(C)Cc2ccc(OC)c(F)c2)cc1. The zero-order chi connectivity index (χ0) is 17.0. The Hall–Kier alpha value is -2.12. The molecule has 0 aliphatic carbocycles. The second kappa shape index (κ2) is 6.97. The lowest BCUT2D eigenvalue weighted by Gasteiger charge is -2.18. The van der Waals surface area contributed by atoms with Gasteiger partial charge in [0.1, 0.15) is 5.75 Å². The lowest BCUT2D eigenvalue weighted by molar-refractivity contribution is 0.385. The first-order chi connectivity index (χ1) is 10.9. The van der Waals surface area contributed by atoms with Gasteiger partial charge in [-0.05, 0) is 42.0 Å². The summed E-state index contributed by atoms with van der Waals surface area (Å²) in [5.74, 6) is 0.165. The normalized spacial score (nSPS) is 11.5. The van der Waals surface area contributed by atoms with Crippen LogP contribution in [0.5, 0.6) is 11.5 Å². The quantitative estimate of drug-likeness (QED) is 0.812. The molecule has 0 unspecified atom stereocenters. The molecule has 2 rings (SSSR count). The van der Waals surface area contributed by atoms with E-state index in [0.717, 1.165) is 4.31 Å². The Labute approximate surface area is 135 Å². The summed E-state index contributed by atoms with van der Waals surface area (Å²) >= 11 is 0. The van der Waals surface area contributed by atoms with Crippen LogP contribution in [0.2, 0.25) is 0 Å². The van der Waals surface area contributed by atoms with E-state index in [1.165, 1.54) is 45.5 Å². The number of hydrogen-bond acceptors (Lipinski definition) is 4. The molecule has 0 saturated carbocycles. The molecule has 0 bridgehead atoms. The van der Waals surface area contributed by atoms with Gasteiger partial charge < -0.3 is 9.47 Å². The molecule has 0 aliphatic heterocycles. The molecule has 0 aromatic heterocycles. The molecule has 0 amide bonds. The van der Waals surface area contributed by atoms with Crippen molar-refractivity contribution < 1.29 is 22.3 Å². The van der Waals surface area contributed by atoms with Crippen LogP contribution in [0.15, 0.2) is 47.4 Å². The highest BCUT2D eigenvalue weighted by molar-refractivity contribution is 7.89. The molecule has 0 atom stereocenters. The van der Waals surface area contributed by atoms with E-state index >= 15 is 0 Å². The highest BCUT2D eigenvalue weighted by atomic mass is 32.2. The maximum absolute atomic E-state index is 13.7. The number of nitrogens with zero attached hydrogens (tertiary/aromatic N) is 1. The summed E-state index contributed by atoms with van der Waals surface area (Å²) in [5.41, 5.74) is 0.530. The standard InChI is InChI=1S/C16H18FNO4S/c1-18(11-12-4-9-16(22-3)15(17)10-12)23(19,20)14-7-5-13(21-2)6-8-14/h4-10H,11H2,1-3H3. The second-order valence-electron chi connectivity index (χ2n) is 4.91. The van der Waals surface area contributed by atoms with Gasteiger partial charge in [-0.15, -0.1) is 0 Å². The van der Waals surface area contributed by atoms with Crippen molar-refractivity contribution in [3.05, 3.63) is 53.8 Å². The molecule has 0 aliphatic rings. The highest BCUT2D eigenvalue weighted by Crippen LogP contribution is 2.22. The average molecular weight is 339 g/mol. The first kappa shape index (κ1) is 17.2. The minimum absolute atomic E-state index is 0.0509. The molecule has 0 spiro atoms. The predicted molar refractivity (Wildman–Crippen MR) is 84.6 cm³/mol. The third-order valence-corrected chi connectivity index (χ3v) is 5.21. The third kappa shape index (κ3) is 3.80. The van der Waals surface area contributed by atoms with Crippen LogP contribution in [0.25, 0.3) is 0 Å². The molecule has 0 heterocycles. The molecule has 5 nitrogen and oxygen atoms in total. The van der Waals surface area contributed by atoms with E-state index in [-0.39, 0.29) is 17.2 Å². The summed E-state index contributed by atoms with van der Waals surface area (Å²) in [6.07, 6.45) is 0. The van der Waals surface area contributed by atoms with Crippen molar-refractivity contribution in [2.24, 2.45) is 0 Å². The summed E-state index contributed by atoms with van der Waals surface area (Å²) < 4.78 is 49.7. The molecule has 0 fully saturated rings. The number of rotatable bonds is 6.